The van der Waals surface area contributed by atoms with Gasteiger partial charge in [-0.2, -0.15) is 0 Å². The molecule has 24 heavy (non-hydrogen) atoms. The molecule has 0 unspecified atom stereocenters. The van der Waals surface area contributed by atoms with Crippen molar-refractivity contribution in [3.8, 4) is 0 Å². The standard InChI is InChI=1S/C19H18BrNO3/c1-14(16-7-3-2-4-8-16)21-18(22)13-24-19(23)11-10-15-6-5-9-17(20)12-15/h2-12,14H,13H2,1H3,(H,21,22)/b11-10+/t14-/m1/s1. The molecule has 1 atom stereocenters. The minimum Gasteiger partial charge on any atom is -0.452 e. The fourth-order valence-corrected chi connectivity index (χ4v) is 2.48. The van der Waals surface area contributed by atoms with E-state index < -0.39 is 5.97 Å². The normalized spacial score (nSPS) is 11.9. The minimum atomic E-state index is -0.558. The molecule has 0 aliphatic carbocycles. The van der Waals surface area contributed by atoms with Crippen molar-refractivity contribution in [1.82, 2.24) is 5.32 Å². The predicted octanol–water partition coefficient (Wildman–Crippen LogP) is 3.88. The summed E-state index contributed by atoms with van der Waals surface area (Å²) in [5, 5.41) is 2.79. The van der Waals surface area contributed by atoms with Crippen LogP contribution in [0.2, 0.25) is 0 Å². The Balaban J connectivity index is 1.78. The van der Waals surface area contributed by atoms with Gasteiger partial charge in [0.15, 0.2) is 6.61 Å². The summed E-state index contributed by atoms with van der Waals surface area (Å²) in [6, 6.07) is 16.9. The van der Waals surface area contributed by atoms with Crippen LogP contribution in [0.5, 0.6) is 0 Å². The first kappa shape index (κ1) is 17.9. The van der Waals surface area contributed by atoms with Crippen LogP contribution in [0.15, 0.2) is 65.1 Å². The van der Waals surface area contributed by atoms with Crippen molar-refractivity contribution >= 4 is 33.9 Å². The summed E-state index contributed by atoms with van der Waals surface area (Å²) in [6.07, 6.45) is 2.94. The van der Waals surface area contributed by atoms with Gasteiger partial charge in [0.2, 0.25) is 0 Å². The summed E-state index contributed by atoms with van der Waals surface area (Å²) in [5.74, 6) is -0.895. The van der Waals surface area contributed by atoms with Gasteiger partial charge in [0.1, 0.15) is 0 Å². The zero-order valence-electron chi connectivity index (χ0n) is 13.2. The molecule has 2 rings (SSSR count). The Hall–Kier alpha value is -2.40. The summed E-state index contributed by atoms with van der Waals surface area (Å²) >= 11 is 3.36. The lowest BCUT2D eigenvalue weighted by atomic mass is 10.1. The van der Waals surface area contributed by atoms with Crippen molar-refractivity contribution in [2.24, 2.45) is 0 Å². The second-order valence-corrected chi connectivity index (χ2v) is 6.11. The average molecular weight is 388 g/mol. The Labute approximate surface area is 149 Å². The molecule has 4 nitrogen and oxygen atoms in total. The van der Waals surface area contributed by atoms with Crippen LogP contribution in [0.25, 0.3) is 6.08 Å². The van der Waals surface area contributed by atoms with Crippen LogP contribution in [0, 0.1) is 0 Å². The molecule has 0 aromatic heterocycles. The van der Waals surface area contributed by atoms with Gasteiger partial charge in [-0.15, -0.1) is 0 Å². The maximum atomic E-state index is 11.8. The number of nitrogens with one attached hydrogen (secondary N) is 1. The molecule has 124 valence electrons. The number of rotatable bonds is 6. The van der Waals surface area contributed by atoms with Crippen molar-refractivity contribution in [2.45, 2.75) is 13.0 Å². The number of hydrogen-bond donors (Lipinski definition) is 1. The summed E-state index contributed by atoms with van der Waals surface area (Å²) in [5.41, 5.74) is 1.86. The smallest absolute Gasteiger partial charge is 0.331 e. The number of carbonyl (C=O) groups excluding carboxylic acids is 2. The number of benzene rings is 2. The molecule has 0 aliphatic rings. The van der Waals surface area contributed by atoms with Crippen molar-refractivity contribution in [3.05, 3.63) is 76.3 Å². The molecule has 0 aliphatic heterocycles. The Morgan fingerprint density at radius 3 is 2.62 bits per heavy atom. The monoisotopic (exact) mass is 387 g/mol. The number of amides is 1. The number of carbonyl (C=O) groups is 2. The third-order valence-corrected chi connectivity index (χ3v) is 3.78. The largest absolute Gasteiger partial charge is 0.452 e. The van der Waals surface area contributed by atoms with Crippen molar-refractivity contribution in [1.29, 1.82) is 0 Å². The van der Waals surface area contributed by atoms with Crippen LogP contribution in [0.4, 0.5) is 0 Å². The molecular weight excluding hydrogens is 370 g/mol. The fourth-order valence-electron chi connectivity index (χ4n) is 2.07. The van der Waals surface area contributed by atoms with Gasteiger partial charge < -0.3 is 10.1 Å². The van der Waals surface area contributed by atoms with Gasteiger partial charge >= 0.3 is 5.97 Å². The van der Waals surface area contributed by atoms with Gasteiger partial charge in [0, 0.05) is 10.5 Å². The van der Waals surface area contributed by atoms with Crippen LogP contribution in [-0.4, -0.2) is 18.5 Å². The molecule has 5 heteroatoms. The SMILES string of the molecule is C[C@@H](NC(=O)COC(=O)/C=C/c1cccc(Br)c1)c1ccccc1. The second kappa shape index (κ2) is 9.03. The Morgan fingerprint density at radius 1 is 1.17 bits per heavy atom. The van der Waals surface area contributed by atoms with Crippen molar-refractivity contribution < 1.29 is 14.3 Å². The van der Waals surface area contributed by atoms with E-state index in [1.807, 2.05) is 61.5 Å². The topological polar surface area (TPSA) is 55.4 Å². The van der Waals surface area contributed by atoms with E-state index in [9.17, 15) is 9.59 Å². The van der Waals surface area contributed by atoms with E-state index >= 15 is 0 Å². The van der Waals surface area contributed by atoms with E-state index in [0.29, 0.717) is 0 Å². The van der Waals surface area contributed by atoms with Gasteiger partial charge in [0.05, 0.1) is 6.04 Å². The second-order valence-electron chi connectivity index (χ2n) is 5.20. The van der Waals surface area contributed by atoms with E-state index in [1.165, 1.54) is 6.08 Å². The van der Waals surface area contributed by atoms with E-state index in [2.05, 4.69) is 21.2 Å². The maximum absolute atomic E-state index is 11.8. The fraction of sp³-hybridized carbons (Fsp3) is 0.158. The highest BCUT2D eigenvalue weighted by molar-refractivity contribution is 9.10. The molecule has 1 amide bonds. The quantitative estimate of drug-likeness (QED) is 0.604. The average Bonchev–Trinajstić information content (AvgIpc) is 2.59. The van der Waals surface area contributed by atoms with Crippen LogP contribution in [0.1, 0.15) is 24.1 Å². The van der Waals surface area contributed by atoms with E-state index in [0.717, 1.165) is 15.6 Å². The molecule has 0 fully saturated rings. The Bertz CT molecular complexity index is 728. The van der Waals surface area contributed by atoms with Crippen molar-refractivity contribution in [2.75, 3.05) is 6.61 Å². The number of ether oxygens (including phenoxy) is 1. The van der Waals surface area contributed by atoms with E-state index in [1.54, 1.807) is 6.08 Å². The highest BCUT2D eigenvalue weighted by atomic mass is 79.9. The number of esters is 1. The molecule has 1 N–H and O–H groups in total. The first-order valence-electron chi connectivity index (χ1n) is 7.49. The Kier molecular flexibility index (Phi) is 6.75. The van der Waals surface area contributed by atoms with Crippen LogP contribution in [-0.2, 0) is 14.3 Å². The lowest BCUT2D eigenvalue weighted by Crippen LogP contribution is -2.30. The highest BCUT2D eigenvalue weighted by Gasteiger charge is 2.10. The van der Waals surface area contributed by atoms with E-state index in [4.69, 9.17) is 4.74 Å². The summed E-state index contributed by atoms with van der Waals surface area (Å²) in [6.45, 7) is 1.57. The summed E-state index contributed by atoms with van der Waals surface area (Å²) in [7, 11) is 0. The van der Waals surface area contributed by atoms with Gasteiger partial charge in [-0.3, -0.25) is 4.79 Å². The minimum absolute atomic E-state index is 0.144. The molecule has 0 saturated heterocycles. The number of hydrogen-bond acceptors (Lipinski definition) is 3. The Morgan fingerprint density at radius 2 is 1.92 bits per heavy atom. The predicted molar refractivity (Wildman–Crippen MR) is 97.1 cm³/mol. The zero-order chi connectivity index (χ0) is 17.4. The molecule has 0 saturated carbocycles. The third-order valence-electron chi connectivity index (χ3n) is 3.28. The summed E-state index contributed by atoms with van der Waals surface area (Å²) in [4.78, 5) is 23.5. The van der Waals surface area contributed by atoms with Crippen LogP contribution in [0.3, 0.4) is 0 Å². The van der Waals surface area contributed by atoms with Crippen molar-refractivity contribution in [3.63, 3.8) is 0 Å². The molecule has 2 aromatic carbocycles. The first-order valence-corrected chi connectivity index (χ1v) is 8.28. The first-order chi connectivity index (χ1) is 11.5. The lowest BCUT2D eigenvalue weighted by molar-refractivity contribution is -0.144. The van der Waals surface area contributed by atoms with Gasteiger partial charge in [-0.25, -0.2) is 4.79 Å². The van der Waals surface area contributed by atoms with Crippen LogP contribution >= 0.6 is 15.9 Å². The third kappa shape index (κ3) is 6.01. The van der Waals surface area contributed by atoms with Gasteiger partial charge in [-0.05, 0) is 36.3 Å². The maximum Gasteiger partial charge on any atom is 0.331 e. The van der Waals surface area contributed by atoms with Crippen LogP contribution < -0.4 is 5.32 Å². The molecular formula is C19H18BrNO3. The molecule has 0 bridgehead atoms. The van der Waals surface area contributed by atoms with E-state index in [-0.39, 0.29) is 18.6 Å². The molecule has 2 aromatic rings. The molecule has 0 spiro atoms. The lowest BCUT2D eigenvalue weighted by Gasteiger charge is -2.13. The number of halogens is 1. The molecule has 0 radical (unpaired) electrons. The highest BCUT2D eigenvalue weighted by Crippen LogP contribution is 2.13. The van der Waals surface area contributed by atoms with Gasteiger partial charge in [-0.1, -0.05) is 58.4 Å². The zero-order valence-corrected chi connectivity index (χ0v) is 14.8. The van der Waals surface area contributed by atoms with Gasteiger partial charge in [0.25, 0.3) is 5.91 Å². The summed E-state index contributed by atoms with van der Waals surface area (Å²) < 4.78 is 5.87. The molecule has 0 heterocycles.